The maximum absolute atomic E-state index is 13.6. The first-order valence-electron chi connectivity index (χ1n) is 8.80. The molecular formula is C18H22FN7O. The summed E-state index contributed by atoms with van der Waals surface area (Å²) < 4.78 is 20.6. The number of nitrogen functional groups attached to an aromatic ring is 1. The van der Waals surface area contributed by atoms with E-state index in [0.29, 0.717) is 24.1 Å². The number of hydrogen-bond donors (Lipinski definition) is 1. The van der Waals surface area contributed by atoms with Gasteiger partial charge in [-0.15, -0.1) is 0 Å². The van der Waals surface area contributed by atoms with Crippen LogP contribution in [0.1, 0.15) is 5.56 Å². The fourth-order valence-electron chi connectivity index (χ4n) is 3.39. The zero-order valence-electron chi connectivity index (χ0n) is 15.4. The Morgan fingerprint density at radius 3 is 2.70 bits per heavy atom. The minimum atomic E-state index is -0.252. The van der Waals surface area contributed by atoms with Crippen molar-refractivity contribution in [3.63, 3.8) is 0 Å². The summed E-state index contributed by atoms with van der Waals surface area (Å²) in [7, 11) is 3.44. The summed E-state index contributed by atoms with van der Waals surface area (Å²) in [5, 5.41) is 4.95. The van der Waals surface area contributed by atoms with Crippen LogP contribution in [0.3, 0.4) is 0 Å². The molecule has 0 radical (unpaired) electrons. The van der Waals surface area contributed by atoms with Crippen LogP contribution in [0.2, 0.25) is 0 Å². The molecule has 0 aliphatic carbocycles. The molecule has 4 rings (SSSR count). The van der Waals surface area contributed by atoms with E-state index in [1.54, 1.807) is 24.1 Å². The van der Waals surface area contributed by atoms with Crippen molar-refractivity contribution in [3.8, 4) is 5.75 Å². The molecule has 1 aliphatic heterocycles. The highest BCUT2D eigenvalue weighted by atomic mass is 19.1. The van der Waals surface area contributed by atoms with Crippen molar-refractivity contribution in [2.75, 3.05) is 43.9 Å². The summed E-state index contributed by atoms with van der Waals surface area (Å²) in [4.78, 5) is 13.4. The predicted octanol–water partition coefficient (Wildman–Crippen LogP) is 1.42. The molecule has 0 atom stereocenters. The molecule has 0 saturated carbocycles. The standard InChI is InChI=1S/C18H22FN7O/c1-24-17-14(10-21-24)16(20)22-18(23-17)26-7-5-25(6-8-26)11-12-9-13(19)3-4-15(12)27-2/h3-4,9-10H,5-8,11H2,1-2H3,(H2,20,22,23). The summed E-state index contributed by atoms with van der Waals surface area (Å²) in [5.41, 5.74) is 7.64. The number of aryl methyl sites for hydroxylation is 1. The molecule has 27 heavy (non-hydrogen) atoms. The molecular weight excluding hydrogens is 349 g/mol. The van der Waals surface area contributed by atoms with E-state index in [9.17, 15) is 4.39 Å². The average Bonchev–Trinajstić information content (AvgIpc) is 3.04. The summed E-state index contributed by atoms with van der Waals surface area (Å²) in [6.07, 6.45) is 1.68. The number of nitrogens with zero attached hydrogens (tertiary/aromatic N) is 6. The lowest BCUT2D eigenvalue weighted by Crippen LogP contribution is -2.46. The smallest absolute Gasteiger partial charge is 0.229 e. The quantitative estimate of drug-likeness (QED) is 0.742. The van der Waals surface area contributed by atoms with E-state index in [1.165, 1.54) is 12.1 Å². The van der Waals surface area contributed by atoms with Crippen molar-refractivity contribution < 1.29 is 9.13 Å². The molecule has 0 spiro atoms. The lowest BCUT2D eigenvalue weighted by Gasteiger charge is -2.35. The van der Waals surface area contributed by atoms with Crippen molar-refractivity contribution in [3.05, 3.63) is 35.8 Å². The minimum absolute atomic E-state index is 0.252. The molecule has 1 aromatic carbocycles. The summed E-state index contributed by atoms with van der Waals surface area (Å²) in [6.45, 7) is 3.79. The van der Waals surface area contributed by atoms with Crippen LogP contribution in [0.4, 0.5) is 16.2 Å². The number of halogens is 1. The van der Waals surface area contributed by atoms with Crippen molar-refractivity contribution in [2.45, 2.75) is 6.54 Å². The van der Waals surface area contributed by atoms with Gasteiger partial charge in [-0.25, -0.2) is 4.39 Å². The average molecular weight is 371 g/mol. The number of methoxy groups -OCH3 is 1. The normalized spacial score (nSPS) is 15.4. The van der Waals surface area contributed by atoms with Crippen molar-refractivity contribution in [1.82, 2.24) is 24.6 Å². The Kier molecular flexibility index (Phi) is 4.53. The number of benzene rings is 1. The Morgan fingerprint density at radius 1 is 1.19 bits per heavy atom. The lowest BCUT2D eigenvalue weighted by atomic mass is 10.1. The Morgan fingerprint density at radius 2 is 1.96 bits per heavy atom. The van der Waals surface area contributed by atoms with Crippen molar-refractivity contribution in [1.29, 1.82) is 0 Å². The van der Waals surface area contributed by atoms with Gasteiger partial charge in [0, 0.05) is 45.3 Å². The number of rotatable bonds is 4. The molecule has 3 heterocycles. The Hall–Kier alpha value is -2.94. The van der Waals surface area contributed by atoms with E-state index in [0.717, 1.165) is 42.8 Å². The van der Waals surface area contributed by atoms with Crippen LogP contribution in [0.15, 0.2) is 24.4 Å². The third-order valence-electron chi connectivity index (χ3n) is 4.90. The third kappa shape index (κ3) is 3.37. The highest BCUT2D eigenvalue weighted by Crippen LogP contribution is 2.24. The number of hydrogen-bond acceptors (Lipinski definition) is 7. The first kappa shape index (κ1) is 17.5. The van der Waals surface area contributed by atoms with Crippen LogP contribution in [0, 0.1) is 5.82 Å². The Bertz CT molecular complexity index is 966. The number of ether oxygens (including phenoxy) is 1. The van der Waals surface area contributed by atoms with Gasteiger partial charge in [0.2, 0.25) is 5.95 Å². The van der Waals surface area contributed by atoms with Crippen LogP contribution in [-0.4, -0.2) is 57.9 Å². The van der Waals surface area contributed by atoms with Gasteiger partial charge in [0.05, 0.1) is 18.7 Å². The van der Waals surface area contributed by atoms with Crippen LogP contribution in [0.25, 0.3) is 11.0 Å². The maximum atomic E-state index is 13.6. The van der Waals surface area contributed by atoms with Crippen molar-refractivity contribution in [2.24, 2.45) is 7.05 Å². The zero-order valence-corrected chi connectivity index (χ0v) is 15.4. The van der Waals surface area contributed by atoms with E-state index in [1.807, 2.05) is 7.05 Å². The molecule has 8 nitrogen and oxygen atoms in total. The highest BCUT2D eigenvalue weighted by molar-refractivity contribution is 5.86. The second-order valence-electron chi connectivity index (χ2n) is 6.63. The second-order valence-corrected chi connectivity index (χ2v) is 6.63. The van der Waals surface area contributed by atoms with E-state index in [4.69, 9.17) is 10.5 Å². The molecule has 0 amide bonds. The molecule has 142 valence electrons. The van der Waals surface area contributed by atoms with E-state index < -0.39 is 0 Å². The topological polar surface area (TPSA) is 85.3 Å². The molecule has 3 aromatic rings. The monoisotopic (exact) mass is 371 g/mol. The molecule has 0 unspecified atom stereocenters. The Balaban J connectivity index is 1.46. The molecule has 1 saturated heterocycles. The number of nitrogens with two attached hydrogens (primary N) is 1. The Labute approximate surface area is 156 Å². The highest BCUT2D eigenvalue weighted by Gasteiger charge is 2.22. The van der Waals surface area contributed by atoms with Gasteiger partial charge in [-0.1, -0.05) is 0 Å². The van der Waals surface area contributed by atoms with Gasteiger partial charge in [0.25, 0.3) is 0 Å². The molecule has 0 bridgehead atoms. The number of anilines is 2. The zero-order chi connectivity index (χ0) is 19.0. The number of piperazine rings is 1. The van der Waals surface area contributed by atoms with Gasteiger partial charge in [0.1, 0.15) is 17.4 Å². The summed E-state index contributed by atoms with van der Waals surface area (Å²) >= 11 is 0. The van der Waals surface area contributed by atoms with E-state index in [-0.39, 0.29) is 5.82 Å². The number of fused-ring (bicyclic) bond motifs is 1. The molecule has 9 heteroatoms. The van der Waals surface area contributed by atoms with Crippen LogP contribution in [-0.2, 0) is 13.6 Å². The first-order valence-corrected chi connectivity index (χ1v) is 8.80. The van der Waals surface area contributed by atoms with Gasteiger partial charge < -0.3 is 15.4 Å². The lowest BCUT2D eigenvalue weighted by molar-refractivity contribution is 0.244. The van der Waals surface area contributed by atoms with Gasteiger partial charge in [-0.3, -0.25) is 9.58 Å². The molecule has 1 fully saturated rings. The number of aromatic nitrogens is 4. The first-order chi connectivity index (χ1) is 13.0. The molecule has 2 aromatic heterocycles. The molecule has 1 aliphatic rings. The van der Waals surface area contributed by atoms with Crippen LogP contribution < -0.4 is 15.4 Å². The summed E-state index contributed by atoms with van der Waals surface area (Å²) in [5.74, 6) is 1.51. The third-order valence-corrected chi connectivity index (χ3v) is 4.90. The fourth-order valence-corrected chi connectivity index (χ4v) is 3.39. The van der Waals surface area contributed by atoms with E-state index >= 15 is 0 Å². The SMILES string of the molecule is COc1ccc(F)cc1CN1CCN(c2nc(N)c3cnn(C)c3n2)CC1. The summed E-state index contributed by atoms with van der Waals surface area (Å²) in [6, 6.07) is 4.61. The largest absolute Gasteiger partial charge is 0.496 e. The van der Waals surface area contributed by atoms with Crippen molar-refractivity contribution >= 4 is 22.8 Å². The van der Waals surface area contributed by atoms with E-state index in [2.05, 4.69) is 24.9 Å². The van der Waals surface area contributed by atoms with Gasteiger partial charge in [-0.2, -0.15) is 15.1 Å². The second kappa shape index (κ2) is 6.99. The maximum Gasteiger partial charge on any atom is 0.229 e. The predicted molar refractivity (Wildman–Crippen MR) is 101 cm³/mol. The van der Waals surface area contributed by atoms with Gasteiger partial charge >= 0.3 is 0 Å². The van der Waals surface area contributed by atoms with Crippen LogP contribution >= 0.6 is 0 Å². The molecule has 2 N–H and O–H groups in total. The minimum Gasteiger partial charge on any atom is -0.496 e. The van der Waals surface area contributed by atoms with Crippen LogP contribution in [0.5, 0.6) is 5.75 Å². The van der Waals surface area contributed by atoms with Gasteiger partial charge in [0.15, 0.2) is 5.65 Å². The fraction of sp³-hybridized carbons (Fsp3) is 0.389. The van der Waals surface area contributed by atoms with Gasteiger partial charge in [-0.05, 0) is 18.2 Å².